The van der Waals surface area contributed by atoms with E-state index in [4.69, 9.17) is 14.2 Å². The maximum absolute atomic E-state index is 12.3. The molecule has 1 aromatic heterocycles. The molecular weight excluding hydrogens is 298 g/mol. The lowest BCUT2D eigenvalue weighted by Gasteiger charge is -2.08. The third-order valence-electron chi connectivity index (χ3n) is 3.27. The lowest BCUT2D eigenvalue weighted by molar-refractivity contribution is 0.102. The highest BCUT2D eigenvalue weighted by Gasteiger charge is 2.15. The molecule has 120 valence electrons. The molecule has 1 aliphatic heterocycles. The highest BCUT2D eigenvalue weighted by atomic mass is 16.7. The summed E-state index contributed by atoms with van der Waals surface area (Å²) in [5.41, 5.74) is 1.86. The molecule has 1 aromatic carbocycles. The van der Waals surface area contributed by atoms with Crippen LogP contribution >= 0.6 is 0 Å². The quantitative estimate of drug-likeness (QED) is 0.795. The number of nitrogens with zero attached hydrogens (tertiary/aromatic N) is 1. The Kier molecular flexibility index (Phi) is 4.58. The lowest BCUT2D eigenvalue weighted by Crippen LogP contribution is -2.13. The van der Waals surface area contributed by atoms with Crippen LogP contribution in [0.1, 0.15) is 10.4 Å². The maximum atomic E-state index is 12.3. The van der Waals surface area contributed by atoms with Gasteiger partial charge in [0.05, 0.1) is 17.9 Å². The summed E-state index contributed by atoms with van der Waals surface area (Å²) >= 11 is 0. The Labute approximate surface area is 133 Å². The van der Waals surface area contributed by atoms with Gasteiger partial charge in [0.15, 0.2) is 11.5 Å². The van der Waals surface area contributed by atoms with Crippen LogP contribution in [0.3, 0.4) is 0 Å². The number of nitrogens with one attached hydrogen (secondary N) is 2. The van der Waals surface area contributed by atoms with Crippen molar-refractivity contribution < 1.29 is 19.0 Å². The standard InChI is InChI=1S/C16H17N3O4/c1-21-5-4-18-13-6-11(8-17-9-13)16(20)19-12-2-3-14-15(7-12)23-10-22-14/h2-3,6-9,18H,4-5,10H2,1H3,(H,19,20). The van der Waals surface area contributed by atoms with E-state index >= 15 is 0 Å². The minimum Gasteiger partial charge on any atom is -0.454 e. The van der Waals surface area contributed by atoms with Crippen molar-refractivity contribution in [3.8, 4) is 11.5 Å². The summed E-state index contributed by atoms with van der Waals surface area (Å²) in [6, 6.07) is 7.00. The second kappa shape index (κ2) is 6.97. The first-order valence-electron chi connectivity index (χ1n) is 7.15. The Bertz CT molecular complexity index is 705. The smallest absolute Gasteiger partial charge is 0.257 e. The van der Waals surface area contributed by atoms with Crippen LogP contribution in [0, 0.1) is 0 Å². The molecule has 3 rings (SSSR count). The summed E-state index contributed by atoms with van der Waals surface area (Å²) in [6.07, 6.45) is 3.18. The van der Waals surface area contributed by atoms with Crippen molar-refractivity contribution in [2.75, 3.05) is 37.7 Å². The van der Waals surface area contributed by atoms with Crippen LogP contribution in [0.4, 0.5) is 11.4 Å². The molecular formula is C16H17N3O4. The predicted molar refractivity (Wildman–Crippen MR) is 85.1 cm³/mol. The number of anilines is 2. The Morgan fingerprint density at radius 2 is 2.09 bits per heavy atom. The monoisotopic (exact) mass is 315 g/mol. The van der Waals surface area contributed by atoms with Crippen LogP contribution in [0.15, 0.2) is 36.7 Å². The van der Waals surface area contributed by atoms with Crippen molar-refractivity contribution in [1.29, 1.82) is 0 Å². The largest absolute Gasteiger partial charge is 0.454 e. The molecule has 0 aliphatic carbocycles. The highest BCUT2D eigenvalue weighted by Crippen LogP contribution is 2.34. The summed E-state index contributed by atoms with van der Waals surface area (Å²) < 4.78 is 15.5. The van der Waals surface area contributed by atoms with E-state index in [1.165, 1.54) is 6.20 Å². The summed E-state index contributed by atoms with van der Waals surface area (Å²) in [5.74, 6) is 1.05. The Morgan fingerprint density at radius 3 is 2.96 bits per heavy atom. The van der Waals surface area contributed by atoms with Gasteiger partial charge in [-0.3, -0.25) is 9.78 Å². The number of methoxy groups -OCH3 is 1. The average Bonchev–Trinajstić information content (AvgIpc) is 3.03. The predicted octanol–water partition coefficient (Wildman–Crippen LogP) is 2.12. The van der Waals surface area contributed by atoms with Crippen molar-refractivity contribution in [3.63, 3.8) is 0 Å². The molecule has 0 radical (unpaired) electrons. The van der Waals surface area contributed by atoms with E-state index in [0.29, 0.717) is 35.9 Å². The highest BCUT2D eigenvalue weighted by molar-refractivity contribution is 6.04. The molecule has 2 N–H and O–H groups in total. The van der Waals surface area contributed by atoms with Crippen molar-refractivity contribution in [2.24, 2.45) is 0 Å². The van der Waals surface area contributed by atoms with Gasteiger partial charge in [-0.2, -0.15) is 0 Å². The lowest BCUT2D eigenvalue weighted by atomic mass is 10.2. The number of hydrogen-bond acceptors (Lipinski definition) is 6. The van der Waals surface area contributed by atoms with E-state index < -0.39 is 0 Å². The molecule has 7 heteroatoms. The third kappa shape index (κ3) is 3.70. The number of ether oxygens (including phenoxy) is 3. The van der Waals surface area contributed by atoms with E-state index in [-0.39, 0.29) is 12.7 Å². The van der Waals surface area contributed by atoms with E-state index in [1.807, 2.05) is 0 Å². The summed E-state index contributed by atoms with van der Waals surface area (Å²) in [6.45, 7) is 1.42. The van der Waals surface area contributed by atoms with Gasteiger partial charge in [-0.1, -0.05) is 0 Å². The van der Waals surface area contributed by atoms with Crippen LogP contribution in [-0.4, -0.2) is 37.9 Å². The van der Waals surface area contributed by atoms with Crippen molar-refractivity contribution in [2.45, 2.75) is 0 Å². The number of pyridine rings is 1. The maximum Gasteiger partial charge on any atom is 0.257 e. The van der Waals surface area contributed by atoms with Gasteiger partial charge in [-0.25, -0.2) is 0 Å². The minimum absolute atomic E-state index is 0.200. The molecule has 0 spiro atoms. The first kappa shape index (κ1) is 15.1. The van der Waals surface area contributed by atoms with Gasteiger partial charge in [0.1, 0.15) is 0 Å². The fraction of sp³-hybridized carbons (Fsp3) is 0.250. The van der Waals surface area contributed by atoms with Crippen molar-refractivity contribution >= 4 is 17.3 Å². The summed E-state index contributed by atoms with van der Waals surface area (Å²) in [4.78, 5) is 16.4. The fourth-order valence-electron chi connectivity index (χ4n) is 2.14. The topological polar surface area (TPSA) is 81.7 Å². The molecule has 1 amide bonds. The summed E-state index contributed by atoms with van der Waals surface area (Å²) in [5, 5.41) is 5.95. The molecule has 2 heterocycles. The second-order valence-electron chi connectivity index (χ2n) is 4.90. The molecule has 0 saturated heterocycles. The zero-order valence-corrected chi connectivity index (χ0v) is 12.7. The minimum atomic E-state index is -0.244. The number of carbonyl (C=O) groups excluding carboxylic acids is 1. The molecule has 7 nitrogen and oxygen atoms in total. The van der Waals surface area contributed by atoms with Gasteiger partial charge in [0, 0.05) is 37.8 Å². The number of rotatable bonds is 6. The molecule has 23 heavy (non-hydrogen) atoms. The molecule has 0 atom stereocenters. The number of aromatic nitrogens is 1. The van der Waals surface area contributed by atoms with Gasteiger partial charge >= 0.3 is 0 Å². The number of fused-ring (bicyclic) bond motifs is 1. The van der Waals surface area contributed by atoms with E-state index in [9.17, 15) is 4.79 Å². The van der Waals surface area contributed by atoms with Crippen LogP contribution in [0.5, 0.6) is 11.5 Å². The number of benzene rings is 1. The second-order valence-corrected chi connectivity index (χ2v) is 4.90. The molecule has 0 unspecified atom stereocenters. The van der Waals surface area contributed by atoms with Crippen molar-refractivity contribution in [3.05, 3.63) is 42.2 Å². The SMILES string of the molecule is COCCNc1cncc(C(=O)Nc2ccc3c(c2)OCO3)c1. The van der Waals surface area contributed by atoms with Crippen LogP contribution in [0.25, 0.3) is 0 Å². The van der Waals surface area contributed by atoms with Crippen LogP contribution in [-0.2, 0) is 4.74 Å². The van der Waals surface area contributed by atoms with E-state index in [1.54, 1.807) is 37.6 Å². The molecule has 1 aliphatic rings. The first-order chi connectivity index (χ1) is 11.3. The van der Waals surface area contributed by atoms with Crippen molar-refractivity contribution in [1.82, 2.24) is 4.98 Å². The zero-order valence-electron chi connectivity index (χ0n) is 12.7. The molecule has 0 fully saturated rings. The van der Waals surface area contributed by atoms with Gasteiger partial charge in [-0.05, 0) is 18.2 Å². The molecule has 0 bridgehead atoms. The molecule has 2 aromatic rings. The Balaban J connectivity index is 1.67. The fourth-order valence-corrected chi connectivity index (χ4v) is 2.14. The van der Waals surface area contributed by atoms with Crippen LogP contribution < -0.4 is 20.1 Å². The molecule has 0 saturated carbocycles. The van der Waals surface area contributed by atoms with E-state index in [0.717, 1.165) is 5.69 Å². The first-order valence-corrected chi connectivity index (χ1v) is 7.15. The van der Waals surface area contributed by atoms with Gasteiger partial charge in [0.2, 0.25) is 6.79 Å². The average molecular weight is 315 g/mol. The third-order valence-corrected chi connectivity index (χ3v) is 3.27. The zero-order chi connectivity index (χ0) is 16.1. The van der Waals surface area contributed by atoms with E-state index in [2.05, 4.69) is 15.6 Å². The number of hydrogen-bond donors (Lipinski definition) is 2. The van der Waals surface area contributed by atoms with Crippen LogP contribution in [0.2, 0.25) is 0 Å². The van der Waals surface area contributed by atoms with Gasteiger partial charge in [-0.15, -0.1) is 0 Å². The summed E-state index contributed by atoms with van der Waals surface area (Å²) in [7, 11) is 1.63. The number of amides is 1. The Morgan fingerprint density at radius 1 is 1.22 bits per heavy atom. The van der Waals surface area contributed by atoms with Gasteiger partial charge < -0.3 is 24.8 Å². The Hall–Kier alpha value is -2.80. The van der Waals surface area contributed by atoms with Gasteiger partial charge in [0.25, 0.3) is 5.91 Å². The number of carbonyl (C=O) groups is 1. The normalized spacial score (nSPS) is 12.0.